The highest BCUT2D eigenvalue weighted by molar-refractivity contribution is 7.79. The summed E-state index contributed by atoms with van der Waals surface area (Å²) in [5.74, 6) is 0.904. The lowest BCUT2D eigenvalue weighted by Gasteiger charge is -1.75. The minimum atomic E-state index is 0.900. The Labute approximate surface area is 52.9 Å². The van der Waals surface area contributed by atoms with Crippen LogP contribution in [0.25, 0.3) is 0 Å². The number of aromatic amines is 1. The molecule has 0 saturated carbocycles. The molecule has 1 rings (SSSR count). The standard InChI is InChI=1S/C5H6N2S/c1-4-6-2-5(3-8)7-4/h2-3H,1H3,(H,6,7). The monoisotopic (exact) mass is 126 g/mol. The van der Waals surface area contributed by atoms with Crippen LogP contribution in [-0.4, -0.2) is 15.3 Å². The number of H-pyrrole nitrogens is 1. The molecular weight excluding hydrogens is 120 g/mol. The first-order chi connectivity index (χ1) is 3.83. The van der Waals surface area contributed by atoms with Crippen molar-refractivity contribution in [2.75, 3.05) is 0 Å². The van der Waals surface area contributed by atoms with Crippen molar-refractivity contribution in [3.8, 4) is 0 Å². The number of hydrogen-bond donors (Lipinski definition) is 1. The van der Waals surface area contributed by atoms with E-state index in [1.165, 1.54) is 0 Å². The topological polar surface area (TPSA) is 28.7 Å². The lowest BCUT2D eigenvalue weighted by Crippen LogP contribution is -1.75. The first-order valence-corrected chi connectivity index (χ1v) is 2.77. The summed E-state index contributed by atoms with van der Waals surface area (Å²) in [6.45, 7) is 1.89. The molecule has 0 radical (unpaired) electrons. The highest BCUT2D eigenvalue weighted by Crippen LogP contribution is 1.89. The van der Waals surface area contributed by atoms with Crippen molar-refractivity contribution in [2.24, 2.45) is 0 Å². The number of imidazole rings is 1. The molecule has 0 aliphatic carbocycles. The van der Waals surface area contributed by atoms with Crippen LogP contribution in [-0.2, 0) is 0 Å². The van der Waals surface area contributed by atoms with Gasteiger partial charge in [0.25, 0.3) is 0 Å². The van der Waals surface area contributed by atoms with Gasteiger partial charge in [-0.05, 0) is 6.92 Å². The van der Waals surface area contributed by atoms with E-state index in [0.29, 0.717) is 0 Å². The van der Waals surface area contributed by atoms with Crippen molar-refractivity contribution in [3.05, 3.63) is 17.7 Å². The zero-order chi connectivity index (χ0) is 5.98. The quantitative estimate of drug-likeness (QED) is 0.570. The molecule has 1 aromatic rings. The Balaban J connectivity index is 3.00. The fourth-order valence-electron chi connectivity index (χ4n) is 0.500. The number of nitrogens with zero attached hydrogens (tertiary/aromatic N) is 1. The third-order valence-electron chi connectivity index (χ3n) is 0.849. The summed E-state index contributed by atoms with van der Waals surface area (Å²) in [5.41, 5.74) is 0.900. The molecule has 0 unspecified atom stereocenters. The Morgan fingerprint density at radius 3 is 2.88 bits per heavy atom. The summed E-state index contributed by atoms with van der Waals surface area (Å²) in [5, 5.41) is 1.57. The molecule has 1 N–H and O–H groups in total. The maximum atomic E-state index is 4.64. The smallest absolute Gasteiger partial charge is 0.103 e. The van der Waals surface area contributed by atoms with Crippen LogP contribution in [0.1, 0.15) is 11.5 Å². The molecule has 0 amide bonds. The van der Waals surface area contributed by atoms with Gasteiger partial charge in [-0.25, -0.2) is 4.98 Å². The van der Waals surface area contributed by atoms with Gasteiger partial charge in [-0.1, -0.05) is 12.2 Å². The zero-order valence-corrected chi connectivity index (χ0v) is 5.33. The molecule has 1 aromatic heterocycles. The molecule has 42 valence electrons. The van der Waals surface area contributed by atoms with E-state index in [1.807, 2.05) is 6.92 Å². The predicted molar refractivity (Wildman–Crippen MR) is 36.1 cm³/mol. The number of rotatable bonds is 1. The van der Waals surface area contributed by atoms with Crippen molar-refractivity contribution >= 4 is 17.6 Å². The van der Waals surface area contributed by atoms with Gasteiger partial charge >= 0.3 is 0 Å². The summed E-state index contributed by atoms with van der Waals surface area (Å²) in [6.07, 6.45) is 1.71. The zero-order valence-electron chi connectivity index (χ0n) is 4.51. The maximum absolute atomic E-state index is 4.64. The molecule has 3 heteroatoms. The summed E-state index contributed by atoms with van der Waals surface area (Å²) in [7, 11) is 0. The van der Waals surface area contributed by atoms with Gasteiger partial charge in [0.2, 0.25) is 0 Å². The summed E-state index contributed by atoms with van der Waals surface area (Å²) >= 11 is 4.64. The minimum Gasteiger partial charge on any atom is -0.342 e. The van der Waals surface area contributed by atoms with Crippen molar-refractivity contribution < 1.29 is 0 Å². The molecular formula is C5H6N2S. The van der Waals surface area contributed by atoms with E-state index >= 15 is 0 Å². The third kappa shape index (κ3) is 0.924. The summed E-state index contributed by atoms with van der Waals surface area (Å²) in [6, 6.07) is 0. The summed E-state index contributed by atoms with van der Waals surface area (Å²) < 4.78 is 0. The molecule has 0 atom stereocenters. The second-order valence-corrected chi connectivity index (χ2v) is 1.78. The molecule has 0 aromatic carbocycles. The predicted octanol–water partition coefficient (Wildman–Crippen LogP) is 1.07. The van der Waals surface area contributed by atoms with Crippen LogP contribution in [0.2, 0.25) is 0 Å². The van der Waals surface area contributed by atoms with E-state index in [0.717, 1.165) is 11.5 Å². The average Bonchev–Trinajstić information content (AvgIpc) is 2.14. The van der Waals surface area contributed by atoms with E-state index in [4.69, 9.17) is 0 Å². The average molecular weight is 126 g/mol. The van der Waals surface area contributed by atoms with E-state index in [9.17, 15) is 0 Å². The molecule has 0 aliphatic rings. The Kier molecular flexibility index (Phi) is 1.39. The van der Waals surface area contributed by atoms with Gasteiger partial charge in [0.15, 0.2) is 0 Å². The molecule has 8 heavy (non-hydrogen) atoms. The van der Waals surface area contributed by atoms with E-state index in [2.05, 4.69) is 22.2 Å². The van der Waals surface area contributed by atoms with Crippen LogP contribution in [0.5, 0.6) is 0 Å². The number of aromatic nitrogens is 2. The van der Waals surface area contributed by atoms with Gasteiger partial charge in [0.05, 0.1) is 11.9 Å². The van der Waals surface area contributed by atoms with E-state index in [-0.39, 0.29) is 0 Å². The normalized spacial score (nSPS) is 9.12. The van der Waals surface area contributed by atoms with Crippen molar-refractivity contribution in [3.63, 3.8) is 0 Å². The molecule has 0 bridgehead atoms. The van der Waals surface area contributed by atoms with Crippen LogP contribution in [0.4, 0.5) is 0 Å². The second-order valence-electron chi connectivity index (χ2n) is 1.54. The highest BCUT2D eigenvalue weighted by Gasteiger charge is 1.87. The van der Waals surface area contributed by atoms with Gasteiger partial charge in [-0.3, -0.25) is 0 Å². The van der Waals surface area contributed by atoms with Crippen LogP contribution in [0.3, 0.4) is 0 Å². The van der Waals surface area contributed by atoms with Crippen LogP contribution in [0.15, 0.2) is 6.20 Å². The largest absolute Gasteiger partial charge is 0.342 e. The van der Waals surface area contributed by atoms with Gasteiger partial charge in [0, 0.05) is 5.37 Å². The highest BCUT2D eigenvalue weighted by atomic mass is 32.1. The number of nitrogens with one attached hydrogen (secondary N) is 1. The Morgan fingerprint density at radius 1 is 1.88 bits per heavy atom. The SMILES string of the molecule is Cc1ncc(C=S)[nH]1. The van der Waals surface area contributed by atoms with Crippen LogP contribution in [0, 0.1) is 6.92 Å². The molecule has 0 aliphatic heterocycles. The van der Waals surface area contributed by atoms with Gasteiger partial charge in [-0.15, -0.1) is 0 Å². The van der Waals surface area contributed by atoms with Crippen LogP contribution >= 0.6 is 12.2 Å². The van der Waals surface area contributed by atoms with Gasteiger partial charge in [0.1, 0.15) is 5.82 Å². The maximum Gasteiger partial charge on any atom is 0.103 e. The first-order valence-electron chi connectivity index (χ1n) is 2.29. The lowest BCUT2D eigenvalue weighted by molar-refractivity contribution is 1.15. The molecule has 0 spiro atoms. The molecule has 1 heterocycles. The second kappa shape index (κ2) is 2.05. The molecule has 0 saturated heterocycles. The van der Waals surface area contributed by atoms with Gasteiger partial charge in [-0.2, -0.15) is 0 Å². The fraction of sp³-hybridized carbons (Fsp3) is 0.200. The molecule has 0 fully saturated rings. The number of thiocarbonyl (C=S) groups is 1. The Morgan fingerprint density at radius 2 is 2.62 bits per heavy atom. The van der Waals surface area contributed by atoms with Crippen molar-refractivity contribution in [1.29, 1.82) is 0 Å². The lowest BCUT2D eigenvalue weighted by atomic mass is 10.6. The Bertz CT molecular complexity index is 192. The Hall–Kier alpha value is -0.700. The van der Waals surface area contributed by atoms with E-state index in [1.54, 1.807) is 11.6 Å². The first kappa shape index (κ1) is 5.44. The van der Waals surface area contributed by atoms with Crippen LogP contribution < -0.4 is 0 Å². The third-order valence-corrected chi connectivity index (χ3v) is 1.10. The fourth-order valence-corrected chi connectivity index (χ4v) is 0.619. The number of hydrogen-bond acceptors (Lipinski definition) is 2. The van der Waals surface area contributed by atoms with Crippen molar-refractivity contribution in [1.82, 2.24) is 9.97 Å². The van der Waals surface area contributed by atoms with Gasteiger partial charge < -0.3 is 4.98 Å². The molecule has 2 nitrogen and oxygen atoms in total. The minimum absolute atomic E-state index is 0.900. The van der Waals surface area contributed by atoms with E-state index < -0.39 is 0 Å². The van der Waals surface area contributed by atoms with Crippen molar-refractivity contribution in [2.45, 2.75) is 6.92 Å². The summed E-state index contributed by atoms with van der Waals surface area (Å²) in [4.78, 5) is 6.89. The number of aryl methyl sites for hydroxylation is 1.